The van der Waals surface area contributed by atoms with Gasteiger partial charge in [-0.2, -0.15) is 0 Å². The maximum absolute atomic E-state index is 12.8. The zero-order chi connectivity index (χ0) is 22.9. The van der Waals surface area contributed by atoms with Gasteiger partial charge in [-0.1, -0.05) is 5.16 Å². The summed E-state index contributed by atoms with van der Waals surface area (Å²) >= 11 is 0. The van der Waals surface area contributed by atoms with E-state index in [9.17, 15) is 4.79 Å². The van der Waals surface area contributed by atoms with E-state index in [0.29, 0.717) is 54.1 Å². The summed E-state index contributed by atoms with van der Waals surface area (Å²) in [6.45, 7) is 7.15. The Kier molecular flexibility index (Phi) is 7.96. The van der Waals surface area contributed by atoms with Crippen molar-refractivity contribution in [2.24, 2.45) is 0 Å². The average Bonchev–Trinajstić information content (AvgIpc) is 3.29. The summed E-state index contributed by atoms with van der Waals surface area (Å²) < 4.78 is 27.6. The van der Waals surface area contributed by atoms with Gasteiger partial charge in [0.25, 0.3) is 5.91 Å². The number of rotatable bonds is 11. The van der Waals surface area contributed by atoms with Crippen molar-refractivity contribution in [1.29, 1.82) is 0 Å². The largest absolute Gasteiger partial charge is 0.497 e. The van der Waals surface area contributed by atoms with Crippen molar-refractivity contribution < 1.29 is 28.3 Å². The zero-order valence-corrected chi connectivity index (χ0v) is 18.8. The average molecular weight is 440 g/mol. The lowest BCUT2D eigenvalue weighted by molar-refractivity contribution is 0.0949. The van der Waals surface area contributed by atoms with Gasteiger partial charge in [0.05, 0.1) is 33.5 Å². The Labute approximate surface area is 187 Å². The van der Waals surface area contributed by atoms with Crippen LogP contribution in [0.5, 0.6) is 23.0 Å². The predicted molar refractivity (Wildman–Crippen MR) is 120 cm³/mol. The van der Waals surface area contributed by atoms with Crippen molar-refractivity contribution in [2.75, 3.05) is 26.9 Å². The smallest absolute Gasteiger partial charge is 0.251 e. The van der Waals surface area contributed by atoms with Crippen LogP contribution < -0.4 is 24.3 Å². The number of hydrogen-bond donors (Lipinski definition) is 1. The highest BCUT2D eigenvalue weighted by molar-refractivity contribution is 5.95. The molecule has 1 amide bonds. The van der Waals surface area contributed by atoms with E-state index in [1.165, 1.54) is 0 Å². The Balaban J connectivity index is 1.73. The normalized spacial score (nSPS) is 10.5. The van der Waals surface area contributed by atoms with Gasteiger partial charge in [0.15, 0.2) is 17.3 Å². The Bertz CT molecular complexity index is 1000. The number of aromatic nitrogens is 1. The van der Waals surface area contributed by atoms with E-state index >= 15 is 0 Å². The van der Waals surface area contributed by atoms with Gasteiger partial charge >= 0.3 is 0 Å². The number of carbonyl (C=O) groups excluding carboxylic acids is 1. The van der Waals surface area contributed by atoms with Crippen LogP contribution in [0.25, 0.3) is 11.3 Å². The van der Waals surface area contributed by atoms with Crippen molar-refractivity contribution in [1.82, 2.24) is 10.5 Å². The van der Waals surface area contributed by atoms with Crippen molar-refractivity contribution in [3.63, 3.8) is 0 Å². The highest BCUT2D eigenvalue weighted by Gasteiger charge is 2.18. The molecule has 8 nitrogen and oxygen atoms in total. The first-order chi connectivity index (χ1) is 15.6. The number of benzene rings is 2. The van der Waals surface area contributed by atoms with Crippen LogP contribution in [0.4, 0.5) is 0 Å². The first-order valence-corrected chi connectivity index (χ1v) is 10.5. The standard InChI is InChI=1S/C24H28N2O6/c1-5-29-21-12-17(13-22(30-6-2)23(21)31-7-3)24(27)25-15-18-14-20(32-26-18)16-8-10-19(28-4)11-9-16/h8-14H,5-7,15H2,1-4H3,(H,25,27). The van der Waals surface area contributed by atoms with Gasteiger partial charge in [0.2, 0.25) is 5.75 Å². The fourth-order valence-electron chi connectivity index (χ4n) is 3.08. The van der Waals surface area contributed by atoms with E-state index < -0.39 is 0 Å². The molecule has 0 aliphatic carbocycles. The summed E-state index contributed by atoms with van der Waals surface area (Å²) in [7, 11) is 1.61. The van der Waals surface area contributed by atoms with Crippen molar-refractivity contribution >= 4 is 5.91 Å². The van der Waals surface area contributed by atoms with E-state index in [4.69, 9.17) is 23.5 Å². The van der Waals surface area contributed by atoms with Gasteiger partial charge < -0.3 is 28.8 Å². The Morgan fingerprint density at radius 2 is 1.56 bits per heavy atom. The molecular weight excluding hydrogens is 412 g/mol. The molecule has 1 N–H and O–H groups in total. The van der Waals surface area contributed by atoms with Gasteiger partial charge in [0.1, 0.15) is 11.4 Å². The highest BCUT2D eigenvalue weighted by atomic mass is 16.5. The Hall–Kier alpha value is -3.68. The van der Waals surface area contributed by atoms with Gasteiger partial charge in [-0.25, -0.2) is 0 Å². The fraction of sp³-hybridized carbons (Fsp3) is 0.333. The summed E-state index contributed by atoms with van der Waals surface area (Å²) in [5.74, 6) is 2.50. The SMILES string of the molecule is CCOc1cc(C(=O)NCc2cc(-c3ccc(OC)cc3)on2)cc(OCC)c1OCC. The first-order valence-electron chi connectivity index (χ1n) is 10.5. The molecule has 1 heterocycles. The van der Waals surface area contributed by atoms with E-state index in [1.807, 2.05) is 45.0 Å². The third-order valence-electron chi connectivity index (χ3n) is 4.53. The second-order valence-electron chi connectivity index (χ2n) is 6.69. The van der Waals surface area contributed by atoms with Crippen LogP contribution in [0.15, 0.2) is 47.0 Å². The number of carbonyl (C=O) groups is 1. The third kappa shape index (κ3) is 5.51. The topological polar surface area (TPSA) is 92.1 Å². The summed E-state index contributed by atoms with van der Waals surface area (Å²) in [6.07, 6.45) is 0. The van der Waals surface area contributed by atoms with Gasteiger partial charge in [-0.3, -0.25) is 4.79 Å². The molecule has 0 saturated heterocycles. The maximum atomic E-state index is 12.8. The number of nitrogens with one attached hydrogen (secondary N) is 1. The highest BCUT2D eigenvalue weighted by Crippen LogP contribution is 2.39. The molecule has 0 aliphatic rings. The van der Waals surface area contributed by atoms with Crippen LogP contribution in [0.3, 0.4) is 0 Å². The number of amides is 1. The maximum Gasteiger partial charge on any atom is 0.251 e. The summed E-state index contributed by atoms with van der Waals surface area (Å²) in [5, 5.41) is 6.90. The second-order valence-corrected chi connectivity index (χ2v) is 6.69. The van der Waals surface area contributed by atoms with Crippen LogP contribution in [-0.4, -0.2) is 38.0 Å². The molecular formula is C24H28N2O6. The molecule has 0 spiro atoms. The van der Waals surface area contributed by atoms with Crippen molar-refractivity contribution in [2.45, 2.75) is 27.3 Å². The zero-order valence-electron chi connectivity index (χ0n) is 18.8. The molecule has 0 saturated carbocycles. The lowest BCUT2D eigenvalue weighted by atomic mass is 10.1. The monoisotopic (exact) mass is 440 g/mol. The van der Waals surface area contributed by atoms with E-state index in [-0.39, 0.29) is 12.5 Å². The number of ether oxygens (including phenoxy) is 4. The molecule has 0 atom stereocenters. The van der Waals surface area contributed by atoms with E-state index in [2.05, 4.69) is 10.5 Å². The molecule has 3 rings (SSSR count). The molecule has 0 fully saturated rings. The van der Waals surface area contributed by atoms with E-state index in [1.54, 1.807) is 25.3 Å². The van der Waals surface area contributed by atoms with Crippen LogP contribution in [0.2, 0.25) is 0 Å². The molecule has 0 bridgehead atoms. The van der Waals surface area contributed by atoms with Gasteiger partial charge in [-0.05, 0) is 57.2 Å². The Morgan fingerprint density at radius 1 is 0.938 bits per heavy atom. The summed E-state index contributed by atoms with van der Waals surface area (Å²) in [6, 6.07) is 12.5. The van der Waals surface area contributed by atoms with Crippen molar-refractivity contribution in [3.8, 4) is 34.3 Å². The molecule has 3 aromatic rings. The first kappa shape index (κ1) is 23.0. The van der Waals surface area contributed by atoms with Crippen LogP contribution in [-0.2, 0) is 6.54 Å². The summed E-state index contributed by atoms with van der Waals surface area (Å²) in [4.78, 5) is 12.8. The minimum absolute atomic E-state index is 0.208. The Morgan fingerprint density at radius 3 is 2.12 bits per heavy atom. The number of hydrogen-bond acceptors (Lipinski definition) is 7. The quantitative estimate of drug-likeness (QED) is 0.470. The lowest BCUT2D eigenvalue weighted by Crippen LogP contribution is -2.23. The predicted octanol–water partition coefficient (Wildman–Crippen LogP) is 4.48. The third-order valence-corrected chi connectivity index (χ3v) is 4.53. The van der Waals surface area contributed by atoms with Crippen LogP contribution >= 0.6 is 0 Å². The van der Waals surface area contributed by atoms with E-state index in [0.717, 1.165) is 11.3 Å². The number of nitrogens with zero attached hydrogens (tertiary/aromatic N) is 1. The molecule has 2 aromatic carbocycles. The minimum atomic E-state index is -0.288. The molecule has 1 aromatic heterocycles. The molecule has 0 unspecified atom stereocenters. The number of methoxy groups -OCH3 is 1. The minimum Gasteiger partial charge on any atom is -0.497 e. The van der Waals surface area contributed by atoms with Gasteiger partial charge in [-0.15, -0.1) is 0 Å². The summed E-state index contributed by atoms with van der Waals surface area (Å²) in [5.41, 5.74) is 1.87. The van der Waals surface area contributed by atoms with Crippen LogP contribution in [0, 0.1) is 0 Å². The molecule has 0 aliphatic heterocycles. The molecule has 170 valence electrons. The lowest BCUT2D eigenvalue weighted by Gasteiger charge is -2.17. The van der Waals surface area contributed by atoms with Crippen molar-refractivity contribution in [3.05, 3.63) is 53.7 Å². The van der Waals surface area contributed by atoms with Gasteiger partial charge in [0, 0.05) is 17.2 Å². The second kappa shape index (κ2) is 11.1. The fourth-order valence-corrected chi connectivity index (χ4v) is 3.08. The van der Waals surface area contributed by atoms with Crippen LogP contribution in [0.1, 0.15) is 36.8 Å². The molecule has 8 heteroatoms. The molecule has 0 radical (unpaired) electrons. The molecule has 32 heavy (non-hydrogen) atoms.